The highest BCUT2D eigenvalue weighted by molar-refractivity contribution is 5.70. The molecule has 1 aromatic rings. The molecule has 1 atom stereocenters. The Kier molecular flexibility index (Phi) is 2.27. The molecule has 0 unspecified atom stereocenters. The Bertz CT molecular complexity index is 357. The second kappa shape index (κ2) is 3.44. The first-order chi connectivity index (χ1) is 6.72. The molecule has 2 rings (SSSR count). The average Bonchev–Trinajstić information content (AvgIpc) is 2.59. The lowest BCUT2D eigenvalue weighted by Gasteiger charge is -2.19. The van der Waals surface area contributed by atoms with Crippen LogP contribution < -0.4 is 0 Å². The van der Waals surface area contributed by atoms with Gasteiger partial charge in [-0.05, 0) is 31.7 Å². The van der Waals surface area contributed by atoms with E-state index in [1.165, 1.54) is 5.69 Å². The summed E-state index contributed by atoms with van der Waals surface area (Å²) in [7, 11) is 0. The second-order valence-corrected chi connectivity index (χ2v) is 3.71. The van der Waals surface area contributed by atoms with Crippen molar-refractivity contribution in [3.8, 4) is 0 Å². The summed E-state index contributed by atoms with van der Waals surface area (Å²) in [6.07, 6.45) is 4.05. The van der Waals surface area contributed by atoms with Crippen LogP contribution in [0.1, 0.15) is 24.6 Å². The van der Waals surface area contributed by atoms with E-state index in [1.54, 1.807) is 0 Å². The summed E-state index contributed by atoms with van der Waals surface area (Å²) in [4.78, 5) is 10.8. The molecule has 0 bridgehead atoms. The van der Waals surface area contributed by atoms with Crippen LogP contribution in [0.15, 0.2) is 6.20 Å². The molecular formula is C10H14N2O2. The van der Waals surface area contributed by atoms with Crippen LogP contribution in [-0.2, 0) is 24.2 Å². The standard InChI is InChI=1S/C10H14N2O2/c1-2-12-9-4-3-7(10(13)14)5-8(9)6-11-12/h6-7H,2-5H2,1H3,(H,13,14)/t7-/m1/s1. The minimum absolute atomic E-state index is 0.211. The molecule has 0 saturated carbocycles. The normalized spacial score (nSPS) is 20.5. The molecule has 0 amide bonds. The van der Waals surface area contributed by atoms with Gasteiger partial charge in [0.15, 0.2) is 0 Å². The lowest BCUT2D eigenvalue weighted by Crippen LogP contribution is -2.22. The summed E-state index contributed by atoms with van der Waals surface area (Å²) in [5, 5.41) is 13.1. The molecule has 4 heteroatoms. The summed E-state index contributed by atoms with van der Waals surface area (Å²) < 4.78 is 1.97. The summed E-state index contributed by atoms with van der Waals surface area (Å²) in [5.74, 6) is -0.892. The lowest BCUT2D eigenvalue weighted by atomic mass is 9.88. The van der Waals surface area contributed by atoms with Crippen LogP contribution in [0.5, 0.6) is 0 Å². The van der Waals surface area contributed by atoms with Crippen LogP contribution in [0.2, 0.25) is 0 Å². The Hall–Kier alpha value is -1.32. The van der Waals surface area contributed by atoms with E-state index < -0.39 is 5.97 Å². The highest BCUT2D eigenvalue weighted by Gasteiger charge is 2.26. The number of hydrogen-bond acceptors (Lipinski definition) is 2. The molecule has 76 valence electrons. The van der Waals surface area contributed by atoms with Gasteiger partial charge >= 0.3 is 5.97 Å². The van der Waals surface area contributed by atoms with E-state index in [0.717, 1.165) is 24.9 Å². The summed E-state index contributed by atoms with van der Waals surface area (Å²) in [6.45, 7) is 2.92. The van der Waals surface area contributed by atoms with Crippen LogP contribution in [0.25, 0.3) is 0 Å². The first kappa shape index (κ1) is 9.24. The van der Waals surface area contributed by atoms with Crippen molar-refractivity contribution in [1.29, 1.82) is 0 Å². The number of rotatable bonds is 2. The Morgan fingerprint density at radius 2 is 2.57 bits per heavy atom. The first-order valence-corrected chi connectivity index (χ1v) is 4.98. The Balaban J connectivity index is 2.24. The monoisotopic (exact) mass is 194 g/mol. The average molecular weight is 194 g/mol. The topological polar surface area (TPSA) is 55.1 Å². The zero-order valence-corrected chi connectivity index (χ0v) is 8.23. The van der Waals surface area contributed by atoms with E-state index in [-0.39, 0.29) is 5.92 Å². The van der Waals surface area contributed by atoms with Crippen molar-refractivity contribution in [1.82, 2.24) is 9.78 Å². The maximum Gasteiger partial charge on any atom is 0.306 e. The van der Waals surface area contributed by atoms with Crippen LogP contribution in [0, 0.1) is 5.92 Å². The van der Waals surface area contributed by atoms with Gasteiger partial charge in [-0.1, -0.05) is 0 Å². The third-order valence-electron chi connectivity index (χ3n) is 2.88. The number of aromatic nitrogens is 2. The minimum atomic E-state index is -0.681. The SMILES string of the molecule is CCn1ncc2c1CC[C@@H](C(=O)O)C2. The highest BCUT2D eigenvalue weighted by Crippen LogP contribution is 2.25. The van der Waals surface area contributed by atoms with Gasteiger partial charge < -0.3 is 5.11 Å². The molecule has 0 aromatic carbocycles. The third-order valence-corrected chi connectivity index (χ3v) is 2.88. The van der Waals surface area contributed by atoms with Gasteiger partial charge in [0.25, 0.3) is 0 Å². The molecular weight excluding hydrogens is 180 g/mol. The lowest BCUT2D eigenvalue weighted by molar-refractivity contribution is -0.142. The van der Waals surface area contributed by atoms with Gasteiger partial charge in [0.1, 0.15) is 0 Å². The van der Waals surface area contributed by atoms with Crippen molar-refractivity contribution in [2.75, 3.05) is 0 Å². The van der Waals surface area contributed by atoms with Crippen molar-refractivity contribution in [3.05, 3.63) is 17.5 Å². The zero-order chi connectivity index (χ0) is 10.1. The van der Waals surface area contributed by atoms with Crippen LogP contribution in [-0.4, -0.2) is 20.9 Å². The molecule has 0 fully saturated rings. The van der Waals surface area contributed by atoms with E-state index in [2.05, 4.69) is 12.0 Å². The van der Waals surface area contributed by atoms with Crippen LogP contribution >= 0.6 is 0 Å². The number of aliphatic carboxylic acids is 1. The Morgan fingerprint density at radius 1 is 1.79 bits per heavy atom. The molecule has 0 spiro atoms. The van der Waals surface area contributed by atoms with Gasteiger partial charge in [-0.15, -0.1) is 0 Å². The van der Waals surface area contributed by atoms with Crippen molar-refractivity contribution in [2.24, 2.45) is 5.92 Å². The summed E-state index contributed by atoms with van der Waals surface area (Å²) >= 11 is 0. The van der Waals surface area contributed by atoms with Crippen LogP contribution in [0.3, 0.4) is 0 Å². The van der Waals surface area contributed by atoms with Crippen LogP contribution in [0.4, 0.5) is 0 Å². The van der Waals surface area contributed by atoms with E-state index in [4.69, 9.17) is 5.11 Å². The second-order valence-electron chi connectivity index (χ2n) is 3.71. The van der Waals surface area contributed by atoms with E-state index in [9.17, 15) is 4.79 Å². The van der Waals surface area contributed by atoms with Crippen molar-refractivity contribution in [3.63, 3.8) is 0 Å². The number of carboxylic acids is 1. The first-order valence-electron chi connectivity index (χ1n) is 4.98. The number of aryl methyl sites for hydroxylation is 1. The van der Waals surface area contributed by atoms with Gasteiger partial charge in [0.05, 0.1) is 12.1 Å². The molecule has 0 aliphatic heterocycles. The number of carboxylic acid groups (broad SMARTS) is 1. The number of fused-ring (bicyclic) bond motifs is 1. The fourth-order valence-electron chi connectivity index (χ4n) is 2.07. The fraction of sp³-hybridized carbons (Fsp3) is 0.600. The fourth-order valence-corrected chi connectivity index (χ4v) is 2.07. The van der Waals surface area contributed by atoms with E-state index in [0.29, 0.717) is 6.42 Å². The molecule has 1 heterocycles. The molecule has 4 nitrogen and oxygen atoms in total. The number of hydrogen-bond donors (Lipinski definition) is 1. The maximum absolute atomic E-state index is 10.8. The Labute approximate surface area is 82.5 Å². The van der Waals surface area contributed by atoms with Crippen molar-refractivity contribution < 1.29 is 9.90 Å². The molecule has 1 aliphatic rings. The Morgan fingerprint density at radius 3 is 3.21 bits per heavy atom. The molecule has 14 heavy (non-hydrogen) atoms. The predicted octanol–water partition coefficient (Wildman–Crippen LogP) is 1.09. The zero-order valence-electron chi connectivity index (χ0n) is 8.23. The largest absolute Gasteiger partial charge is 0.481 e. The molecule has 0 saturated heterocycles. The maximum atomic E-state index is 10.8. The van der Waals surface area contributed by atoms with Crippen molar-refractivity contribution in [2.45, 2.75) is 32.7 Å². The molecule has 1 aliphatic carbocycles. The van der Waals surface area contributed by atoms with Gasteiger partial charge in [0.2, 0.25) is 0 Å². The third kappa shape index (κ3) is 1.41. The molecule has 1 N–H and O–H groups in total. The summed E-state index contributed by atoms with van der Waals surface area (Å²) in [5.41, 5.74) is 2.34. The molecule has 1 aromatic heterocycles. The summed E-state index contributed by atoms with van der Waals surface area (Å²) in [6, 6.07) is 0. The smallest absolute Gasteiger partial charge is 0.306 e. The minimum Gasteiger partial charge on any atom is -0.481 e. The predicted molar refractivity (Wildman–Crippen MR) is 51.1 cm³/mol. The van der Waals surface area contributed by atoms with Crippen molar-refractivity contribution >= 4 is 5.97 Å². The van der Waals surface area contributed by atoms with Gasteiger partial charge in [-0.2, -0.15) is 5.10 Å². The van der Waals surface area contributed by atoms with E-state index >= 15 is 0 Å². The molecule has 0 radical (unpaired) electrons. The van der Waals surface area contributed by atoms with Gasteiger partial charge in [0, 0.05) is 12.2 Å². The quantitative estimate of drug-likeness (QED) is 0.766. The van der Waals surface area contributed by atoms with Gasteiger partial charge in [-0.3, -0.25) is 9.48 Å². The highest BCUT2D eigenvalue weighted by atomic mass is 16.4. The van der Waals surface area contributed by atoms with Gasteiger partial charge in [-0.25, -0.2) is 0 Å². The number of nitrogens with zero attached hydrogens (tertiary/aromatic N) is 2. The van der Waals surface area contributed by atoms with E-state index in [1.807, 2.05) is 10.9 Å². The number of carbonyl (C=O) groups is 1.